The van der Waals surface area contributed by atoms with E-state index in [1.165, 1.54) is 0 Å². The average molecular weight is 327 g/mol. The second-order valence-electron chi connectivity index (χ2n) is 4.56. The van der Waals surface area contributed by atoms with Crippen LogP contribution in [0.3, 0.4) is 0 Å². The van der Waals surface area contributed by atoms with Crippen LogP contribution in [0.2, 0.25) is 0 Å². The van der Waals surface area contributed by atoms with Gasteiger partial charge in [-0.1, -0.05) is 6.92 Å². The molecule has 0 saturated carbocycles. The highest BCUT2D eigenvalue weighted by atomic mass is 32.2. The molecule has 1 atom stereocenters. The lowest BCUT2D eigenvalue weighted by Gasteiger charge is -2.25. The largest absolute Gasteiger partial charge is 0.497 e. The lowest BCUT2D eigenvalue weighted by molar-refractivity contribution is -0.127. The monoisotopic (exact) mass is 327 g/mol. The van der Waals surface area contributed by atoms with Crippen LogP contribution in [0.1, 0.15) is 17.9 Å². The fourth-order valence-corrected chi connectivity index (χ4v) is 4.14. The highest BCUT2D eigenvalue weighted by Gasteiger charge is 2.34. The van der Waals surface area contributed by atoms with E-state index < -0.39 is 0 Å². The summed E-state index contributed by atoms with van der Waals surface area (Å²) >= 11 is 3.51. The molecule has 0 spiro atoms. The highest BCUT2D eigenvalue weighted by Crippen LogP contribution is 2.43. The van der Waals surface area contributed by atoms with Gasteiger partial charge < -0.3 is 14.4 Å². The summed E-state index contributed by atoms with van der Waals surface area (Å²) in [7, 11) is 3.29. The number of carbonyl (C=O) groups excluding carboxylic acids is 1. The van der Waals surface area contributed by atoms with Crippen molar-refractivity contribution in [3.05, 3.63) is 23.8 Å². The van der Waals surface area contributed by atoms with Gasteiger partial charge in [0.25, 0.3) is 0 Å². The smallest absolute Gasteiger partial charge is 0.233 e. The quantitative estimate of drug-likeness (QED) is 0.720. The number of benzene rings is 1. The van der Waals surface area contributed by atoms with Crippen LogP contribution in [-0.2, 0) is 4.79 Å². The van der Waals surface area contributed by atoms with Crippen LogP contribution in [0.15, 0.2) is 18.2 Å². The standard InChI is InChI=1S/C15H21NO3S2/c1-4-20-8-7-16-14(17)10-21-15(16)12-6-5-11(18-2)9-13(12)19-3/h5-6,9,15H,4,7-8,10H2,1-3H3. The molecule has 1 aromatic rings. The van der Waals surface area contributed by atoms with Crippen molar-refractivity contribution in [3.63, 3.8) is 0 Å². The molecule has 1 amide bonds. The van der Waals surface area contributed by atoms with Gasteiger partial charge in [-0.2, -0.15) is 11.8 Å². The lowest BCUT2D eigenvalue weighted by Crippen LogP contribution is -2.30. The molecule has 1 fully saturated rings. The topological polar surface area (TPSA) is 38.8 Å². The third-order valence-corrected chi connectivity index (χ3v) is 5.47. The van der Waals surface area contributed by atoms with Crippen molar-refractivity contribution in [2.45, 2.75) is 12.3 Å². The molecule has 0 aromatic heterocycles. The Kier molecular flexibility index (Phi) is 6.11. The van der Waals surface area contributed by atoms with Crippen molar-refractivity contribution in [1.82, 2.24) is 4.90 Å². The van der Waals surface area contributed by atoms with Crippen molar-refractivity contribution in [1.29, 1.82) is 0 Å². The van der Waals surface area contributed by atoms with E-state index in [-0.39, 0.29) is 11.3 Å². The summed E-state index contributed by atoms with van der Waals surface area (Å²) in [6.45, 7) is 2.92. The van der Waals surface area contributed by atoms with E-state index in [0.717, 1.165) is 35.1 Å². The summed E-state index contributed by atoms with van der Waals surface area (Å²) < 4.78 is 10.7. The normalized spacial score (nSPS) is 18.1. The van der Waals surface area contributed by atoms with Crippen LogP contribution in [-0.4, -0.2) is 48.8 Å². The molecule has 6 heteroatoms. The predicted octanol–water partition coefficient (Wildman–Crippen LogP) is 3.03. The number of thioether (sulfide) groups is 2. The minimum atomic E-state index is 0.0378. The zero-order valence-electron chi connectivity index (χ0n) is 12.6. The first kappa shape index (κ1) is 16.4. The van der Waals surface area contributed by atoms with Crippen molar-refractivity contribution in [3.8, 4) is 11.5 Å². The third-order valence-electron chi connectivity index (χ3n) is 3.36. The Morgan fingerprint density at radius 2 is 2.19 bits per heavy atom. The molecule has 1 aromatic carbocycles. The van der Waals surface area contributed by atoms with Gasteiger partial charge in [0.1, 0.15) is 16.9 Å². The van der Waals surface area contributed by atoms with Gasteiger partial charge in [-0.25, -0.2) is 0 Å². The van der Waals surface area contributed by atoms with Crippen LogP contribution < -0.4 is 9.47 Å². The number of nitrogens with zero attached hydrogens (tertiary/aromatic N) is 1. The predicted molar refractivity (Wildman–Crippen MR) is 89.5 cm³/mol. The zero-order chi connectivity index (χ0) is 15.2. The van der Waals surface area contributed by atoms with Gasteiger partial charge in [0.2, 0.25) is 5.91 Å². The minimum Gasteiger partial charge on any atom is -0.497 e. The number of rotatable bonds is 7. The molecule has 1 unspecified atom stereocenters. The van der Waals surface area contributed by atoms with Gasteiger partial charge in [0.15, 0.2) is 0 Å². The molecule has 0 bridgehead atoms. The van der Waals surface area contributed by atoms with Crippen molar-refractivity contribution >= 4 is 29.4 Å². The van der Waals surface area contributed by atoms with Crippen molar-refractivity contribution < 1.29 is 14.3 Å². The number of hydrogen-bond donors (Lipinski definition) is 0. The second kappa shape index (κ2) is 7.84. The molecule has 1 heterocycles. The minimum absolute atomic E-state index is 0.0378. The van der Waals surface area contributed by atoms with Gasteiger partial charge in [0, 0.05) is 23.9 Å². The molecule has 21 heavy (non-hydrogen) atoms. The van der Waals surface area contributed by atoms with E-state index in [1.807, 2.05) is 34.9 Å². The maximum absolute atomic E-state index is 12.1. The Morgan fingerprint density at radius 3 is 2.86 bits per heavy atom. The lowest BCUT2D eigenvalue weighted by atomic mass is 10.1. The average Bonchev–Trinajstić information content (AvgIpc) is 2.88. The third kappa shape index (κ3) is 3.80. The number of methoxy groups -OCH3 is 2. The Labute approximate surface area is 134 Å². The molecule has 116 valence electrons. The fraction of sp³-hybridized carbons (Fsp3) is 0.533. The van der Waals surface area contributed by atoms with Crippen molar-refractivity contribution in [2.75, 3.05) is 38.0 Å². The van der Waals surface area contributed by atoms with Crippen molar-refractivity contribution in [2.24, 2.45) is 0 Å². The van der Waals surface area contributed by atoms with Crippen LogP contribution in [0.5, 0.6) is 11.5 Å². The highest BCUT2D eigenvalue weighted by molar-refractivity contribution is 8.00. The summed E-state index contributed by atoms with van der Waals surface area (Å²) in [5.74, 6) is 4.33. The SMILES string of the molecule is CCSCCN1C(=O)CSC1c1ccc(OC)cc1OC. The molecule has 1 aliphatic heterocycles. The molecule has 1 aliphatic rings. The maximum atomic E-state index is 12.1. The summed E-state index contributed by atoms with van der Waals surface area (Å²) in [5, 5.41) is 0.0378. The Hall–Kier alpha value is -1.01. The van der Waals surface area contributed by atoms with Gasteiger partial charge in [-0.15, -0.1) is 11.8 Å². The zero-order valence-corrected chi connectivity index (χ0v) is 14.3. The van der Waals surface area contributed by atoms with Crippen LogP contribution in [0.25, 0.3) is 0 Å². The summed E-state index contributed by atoms with van der Waals surface area (Å²) in [5.41, 5.74) is 1.04. The first-order valence-electron chi connectivity index (χ1n) is 6.92. The van der Waals surface area contributed by atoms with E-state index in [9.17, 15) is 4.79 Å². The molecular formula is C15H21NO3S2. The van der Waals surface area contributed by atoms with E-state index in [2.05, 4.69) is 6.92 Å². The molecular weight excluding hydrogens is 306 g/mol. The van der Waals surface area contributed by atoms with Gasteiger partial charge in [-0.3, -0.25) is 4.79 Å². The first-order chi connectivity index (χ1) is 10.2. The van der Waals surface area contributed by atoms with E-state index in [4.69, 9.17) is 9.47 Å². The summed E-state index contributed by atoms with van der Waals surface area (Å²) in [6, 6.07) is 5.78. The number of amides is 1. The molecule has 4 nitrogen and oxygen atoms in total. The number of ether oxygens (including phenoxy) is 2. The van der Waals surface area contributed by atoms with Gasteiger partial charge in [-0.05, 0) is 17.9 Å². The van der Waals surface area contributed by atoms with E-state index in [1.54, 1.807) is 26.0 Å². The van der Waals surface area contributed by atoms with Crippen LogP contribution >= 0.6 is 23.5 Å². The molecule has 0 radical (unpaired) electrons. The Balaban J connectivity index is 2.20. The van der Waals surface area contributed by atoms with Gasteiger partial charge >= 0.3 is 0 Å². The van der Waals surface area contributed by atoms with Gasteiger partial charge in [0.05, 0.1) is 20.0 Å². The molecule has 2 rings (SSSR count). The summed E-state index contributed by atoms with van der Waals surface area (Å²) in [6.07, 6.45) is 0. The summed E-state index contributed by atoms with van der Waals surface area (Å²) in [4.78, 5) is 14.1. The van der Waals surface area contributed by atoms with E-state index in [0.29, 0.717) is 5.75 Å². The van der Waals surface area contributed by atoms with Crippen LogP contribution in [0.4, 0.5) is 0 Å². The Morgan fingerprint density at radius 1 is 1.38 bits per heavy atom. The molecule has 1 saturated heterocycles. The fourth-order valence-electron chi connectivity index (χ4n) is 2.28. The second-order valence-corrected chi connectivity index (χ2v) is 7.02. The van der Waals surface area contributed by atoms with Crippen LogP contribution in [0, 0.1) is 0 Å². The first-order valence-corrected chi connectivity index (χ1v) is 9.12. The molecule has 0 N–H and O–H groups in total. The van der Waals surface area contributed by atoms with E-state index >= 15 is 0 Å². The number of hydrogen-bond acceptors (Lipinski definition) is 5. The maximum Gasteiger partial charge on any atom is 0.233 e. The number of carbonyl (C=O) groups is 1. The Bertz CT molecular complexity index is 496. The molecule has 0 aliphatic carbocycles.